The number of aromatic nitrogens is 1. The number of hydrogen-bond donors (Lipinski definition) is 1. The molecule has 0 bridgehead atoms. The molecule has 1 saturated carbocycles. The van der Waals surface area contributed by atoms with Crippen LogP contribution in [0.25, 0.3) is 0 Å². The summed E-state index contributed by atoms with van der Waals surface area (Å²) in [5.74, 6) is -0.527. The van der Waals surface area contributed by atoms with Crippen LogP contribution in [0, 0.1) is 11.3 Å². The highest BCUT2D eigenvalue weighted by Gasteiger charge is 2.61. The number of halogens is 6. The zero-order chi connectivity index (χ0) is 20.7. The molecule has 28 heavy (non-hydrogen) atoms. The van der Waals surface area contributed by atoms with Gasteiger partial charge in [0.1, 0.15) is 5.00 Å². The second-order valence-corrected chi connectivity index (χ2v) is 7.69. The molecule has 156 valence electrons. The summed E-state index contributed by atoms with van der Waals surface area (Å²) in [4.78, 5) is 28.7. The number of piperidine rings is 1. The standard InChI is InChI=1S/C15H15F6N3O3S/c16-14(17,18)11(15(19,20)21)27-12(26)24-3-1-13(2-4-24)5-8(13)10(25)23-9-6-22-7-28-9/h6-8,11H,1-5H2,(H,23,25). The van der Waals surface area contributed by atoms with Crippen molar-refractivity contribution in [2.24, 2.45) is 11.3 Å². The number of hydrogen-bond acceptors (Lipinski definition) is 5. The number of nitrogens with zero attached hydrogens (tertiary/aromatic N) is 2. The first kappa shape index (κ1) is 20.7. The number of likely N-dealkylation sites (tertiary alicyclic amines) is 1. The van der Waals surface area contributed by atoms with Gasteiger partial charge in [-0.2, -0.15) is 26.3 Å². The van der Waals surface area contributed by atoms with Crippen LogP contribution in [0.2, 0.25) is 0 Å². The summed E-state index contributed by atoms with van der Waals surface area (Å²) in [7, 11) is 0. The maximum Gasteiger partial charge on any atom is 0.434 e. The third-order valence-electron chi connectivity index (χ3n) is 5.02. The first-order valence-electron chi connectivity index (χ1n) is 8.21. The number of amides is 2. The maximum atomic E-state index is 12.5. The van der Waals surface area contributed by atoms with Crippen LogP contribution in [-0.4, -0.2) is 53.4 Å². The number of nitrogens with one attached hydrogen (secondary N) is 1. The van der Waals surface area contributed by atoms with E-state index in [1.807, 2.05) is 0 Å². The summed E-state index contributed by atoms with van der Waals surface area (Å²) in [5, 5.41) is 3.29. The molecule has 0 aromatic carbocycles. The minimum Gasteiger partial charge on any atom is -0.426 e. The first-order valence-corrected chi connectivity index (χ1v) is 9.09. The molecule has 2 heterocycles. The Bertz CT molecular complexity index is 714. The van der Waals surface area contributed by atoms with E-state index in [9.17, 15) is 35.9 Å². The fourth-order valence-corrected chi connectivity index (χ4v) is 3.90. The topological polar surface area (TPSA) is 71.5 Å². The van der Waals surface area contributed by atoms with E-state index < -0.39 is 24.5 Å². The molecule has 1 saturated heterocycles. The molecule has 3 rings (SSSR count). The molecule has 13 heteroatoms. The van der Waals surface area contributed by atoms with Gasteiger partial charge in [0.05, 0.1) is 11.7 Å². The number of ether oxygens (including phenoxy) is 1. The van der Waals surface area contributed by atoms with Gasteiger partial charge in [0.25, 0.3) is 6.10 Å². The number of thiazole rings is 1. The van der Waals surface area contributed by atoms with E-state index in [-0.39, 0.29) is 30.3 Å². The minimum atomic E-state index is -5.75. The second-order valence-electron chi connectivity index (χ2n) is 6.81. The molecule has 1 unspecified atom stereocenters. The van der Waals surface area contributed by atoms with Gasteiger partial charge >= 0.3 is 18.4 Å². The second kappa shape index (κ2) is 7.08. The van der Waals surface area contributed by atoms with Crippen LogP contribution >= 0.6 is 11.3 Å². The number of rotatable bonds is 3. The summed E-state index contributed by atoms with van der Waals surface area (Å²) in [6.45, 7) is -0.156. The molecule has 1 spiro atoms. The van der Waals surface area contributed by atoms with Gasteiger partial charge in [-0.25, -0.2) is 4.79 Å². The van der Waals surface area contributed by atoms with E-state index in [1.165, 1.54) is 17.5 Å². The van der Waals surface area contributed by atoms with Gasteiger partial charge in [-0.15, -0.1) is 11.3 Å². The van der Waals surface area contributed by atoms with Crippen LogP contribution in [0.15, 0.2) is 11.7 Å². The van der Waals surface area contributed by atoms with Crippen LogP contribution < -0.4 is 5.32 Å². The SMILES string of the molecule is O=C(Nc1cncs1)C1CC12CCN(C(=O)OC(C(F)(F)F)C(F)(F)F)CC2. The van der Waals surface area contributed by atoms with Crippen molar-refractivity contribution in [3.8, 4) is 0 Å². The number of carbonyl (C=O) groups is 2. The molecule has 1 aromatic rings. The third kappa shape index (κ3) is 4.33. The zero-order valence-corrected chi connectivity index (χ0v) is 15.0. The lowest BCUT2D eigenvalue weighted by Crippen LogP contribution is -2.49. The molecule has 1 aliphatic carbocycles. The van der Waals surface area contributed by atoms with E-state index in [0.717, 1.165) is 4.90 Å². The lowest BCUT2D eigenvalue weighted by atomic mass is 9.91. The number of alkyl halides is 6. The van der Waals surface area contributed by atoms with Crippen molar-refractivity contribution in [2.75, 3.05) is 18.4 Å². The number of anilines is 1. The highest BCUT2D eigenvalue weighted by Crippen LogP contribution is 2.59. The zero-order valence-electron chi connectivity index (χ0n) is 14.1. The highest BCUT2D eigenvalue weighted by molar-refractivity contribution is 7.13. The summed E-state index contributed by atoms with van der Waals surface area (Å²) >= 11 is 1.25. The Kier molecular flexibility index (Phi) is 5.23. The molecule has 1 aromatic heterocycles. The van der Waals surface area contributed by atoms with Crippen molar-refractivity contribution >= 4 is 28.3 Å². The largest absolute Gasteiger partial charge is 0.434 e. The van der Waals surface area contributed by atoms with Gasteiger partial charge < -0.3 is 15.0 Å². The molecule has 0 radical (unpaired) electrons. The molecule has 1 N–H and O–H groups in total. The van der Waals surface area contributed by atoms with E-state index in [4.69, 9.17) is 0 Å². The average Bonchev–Trinajstić information content (AvgIpc) is 3.02. The van der Waals surface area contributed by atoms with E-state index in [2.05, 4.69) is 15.0 Å². The third-order valence-corrected chi connectivity index (χ3v) is 5.70. The number of carbonyl (C=O) groups excluding carboxylic acids is 2. The van der Waals surface area contributed by atoms with Crippen molar-refractivity contribution in [1.82, 2.24) is 9.88 Å². The van der Waals surface area contributed by atoms with Gasteiger partial charge in [-0.1, -0.05) is 0 Å². The summed E-state index contributed by atoms with van der Waals surface area (Å²) < 4.78 is 78.8. The molecule has 1 aliphatic heterocycles. The molecule has 2 fully saturated rings. The molecule has 2 amide bonds. The van der Waals surface area contributed by atoms with E-state index in [1.54, 1.807) is 5.51 Å². The fourth-order valence-electron chi connectivity index (χ4n) is 3.39. The van der Waals surface area contributed by atoms with Crippen molar-refractivity contribution in [2.45, 2.75) is 37.7 Å². The summed E-state index contributed by atoms with van der Waals surface area (Å²) in [6, 6.07) is 0. The Morgan fingerprint density at radius 3 is 2.32 bits per heavy atom. The first-order chi connectivity index (χ1) is 12.9. The smallest absolute Gasteiger partial charge is 0.426 e. The lowest BCUT2D eigenvalue weighted by molar-refractivity contribution is -0.308. The Morgan fingerprint density at radius 1 is 1.21 bits per heavy atom. The van der Waals surface area contributed by atoms with Gasteiger partial charge in [-0.05, 0) is 24.7 Å². The van der Waals surface area contributed by atoms with Gasteiger partial charge in [0, 0.05) is 19.0 Å². The molecular weight excluding hydrogens is 416 g/mol. The average molecular weight is 431 g/mol. The highest BCUT2D eigenvalue weighted by atomic mass is 32.1. The summed E-state index contributed by atoms with van der Waals surface area (Å²) in [5.41, 5.74) is 1.16. The predicted molar refractivity (Wildman–Crippen MR) is 84.5 cm³/mol. The van der Waals surface area contributed by atoms with Gasteiger partial charge in [0.2, 0.25) is 5.91 Å². The monoisotopic (exact) mass is 431 g/mol. The van der Waals surface area contributed by atoms with Crippen LogP contribution in [0.1, 0.15) is 19.3 Å². The van der Waals surface area contributed by atoms with Crippen molar-refractivity contribution < 1.29 is 40.7 Å². The maximum absolute atomic E-state index is 12.5. The van der Waals surface area contributed by atoms with E-state index in [0.29, 0.717) is 24.3 Å². The van der Waals surface area contributed by atoms with Crippen LogP contribution in [0.4, 0.5) is 36.1 Å². The van der Waals surface area contributed by atoms with Gasteiger partial charge in [0.15, 0.2) is 0 Å². The van der Waals surface area contributed by atoms with Crippen LogP contribution in [0.3, 0.4) is 0 Å². The van der Waals surface area contributed by atoms with Crippen molar-refractivity contribution in [3.63, 3.8) is 0 Å². The predicted octanol–water partition coefficient (Wildman–Crippen LogP) is 3.81. The van der Waals surface area contributed by atoms with Crippen LogP contribution in [-0.2, 0) is 9.53 Å². The van der Waals surface area contributed by atoms with Crippen molar-refractivity contribution in [3.05, 3.63) is 11.7 Å². The summed E-state index contributed by atoms with van der Waals surface area (Å²) in [6.07, 6.45) is -14.7. The Labute approximate surface area is 158 Å². The molecule has 1 atom stereocenters. The molecule has 2 aliphatic rings. The van der Waals surface area contributed by atoms with E-state index >= 15 is 0 Å². The van der Waals surface area contributed by atoms with Crippen LogP contribution in [0.5, 0.6) is 0 Å². The van der Waals surface area contributed by atoms with Gasteiger partial charge in [-0.3, -0.25) is 9.78 Å². The Balaban J connectivity index is 1.53. The van der Waals surface area contributed by atoms with Crippen molar-refractivity contribution in [1.29, 1.82) is 0 Å². The molecule has 6 nitrogen and oxygen atoms in total. The fraction of sp³-hybridized carbons (Fsp3) is 0.667. The Morgan fingerprint density at radius 2 is 1.82 bits per heavy atom. The molecular formula is C15H15F6N3O3S. The Hall–Kier alpha value is -2.05. The minimum absolute atomic E-state index is 0.0778. The normalized spacial score (nSPS) is 21.7. The quantitative estimate of drug-likeness (QED) is 0.739. The lowest BCUT2D eigenvalue weighted by Gasteiger charge is -2.33.